The molecule has 14 heavy (non-hydrogen) atoms. The second-order valence-electron chi connectivity index (χ2n) is 4.01. The first-order chi connectivity index (χ1) is 6.57. The van der Waals surface area contributed by atoms with Crippen LogP contribution in [0.25, 0.3) is 0 Å². The molecule has 1 atom stereocenters. The van der Waals surface area contributed by atoms with Crippen molar-refractivity contribution >= 4 is 0 Å². The molecular weight excluding hydrogens is 176 g/mol. The van der Waals surface area contributed by atoms with Gasteiger partial charge in [0.25, 0.3) is 0 Å². The van der Waals surface area contributed by atoms with Crippen LogP contribution in [0.5, 0.6) is 0 Å². The number of hydrogen-bond donors (Lipinski definition) is 2. The van der Waals surface area contributed by atoms with Gasteiger partial charge < -0.3 is 10.2 Å². The third kappa shape index (κ3) is 3.13. The van der Waals surface area contributed by atoms with Gasteiger partial charge in [0.05, 0.1) is 12.2 Å². The molecule has 0 aromatic heterocycles. The van der Waals surface area contributed by atoms with Crippen LogP contribution in [0.15, 0.2) is 35.5 Å². The normalized spacial score (nSPS) is 23.4. The molecule has 1 aliphatic carbocycles. The first-order valence-corrected chi connectivity index (χ1v) is 4.93. The van der Waals surface area contributed by atoms with Crippen LogP contribution in [-0.4, -0.2) is 22.4 Å². The van der Waals surface area contributed by atoms with E-state index in [4.69, 9.17) is 5.11 Å². The largest absolute Gasteiger partial charge is 0.393 e. The molecule has 78 valence electrons. The summed E-state index contributed by atoms with van der Waals surface area (Å²) in [4.78, 5) is 0. The van der Waals surface area contributed by atoms with Crippen LogP contribution in [0.3, 0.4) is 0 Å². The van der Waals surface area contributed by atoms with Crippen LogP contribution in [0, 0.1) is 0 Å². The van der Waals surface area contributed by atoms with E-state index in [1.54, 1.807) is 6.92 Å². The van der Waals surface area contributed by atoms with Crippen molar-refractivity contribution in [2.45, 2.75) is 32.3 Å². The van der Waals surface area contributed by atoms with Crippen LogP contribution in [-0.2, 0) is 0 Å². The van der Waals surface area contributed by atoms with Gasteiger partial charge >= 0.3 is 0 Å². The summed E-state index contributed by atoms with van der Waals surface area (Å²) < 4.78 is 0. The Morgan fingerprint density at radius 2 is 2.21 bits per heavy atom. The van der Waals surface area contributed by atoms with E-state index in [0.29, 0.717) is 6.42 Å². The Morgan fingerprint density at radius 3 is 2.64 bits per heavy atom. The quantitative estimate of drug-likeness (QED) is 0.721. The maximum Gasteiger partial charge on any atom is 0.0889 e. The highest BCUT2D eigenvalue weighted by Gasteiger charge is 2.20. The molecule has 1 aliphatic rings. The highest BCUT2D eigenvalue weighted by atomic mass is 16.3. The van der Waals surface area contributed by atoms with Crippen LogP contribution >= 0.6 is 0 Å². The fourth-order valence-electron chi connectivity index (χ4n) is 1.44. The minimum Gasteiger partial charge on any atom is -0.393 e. The third-order valence-corrected chi connectivity index (χ3v) is 2.41. The van der Waals surface area contributed by atoms with E-state index in [-0.39, 0.29) is 6.61 Å². The highest BCUT2D eigenvalue weighted by Crippen LogP contribution is 2.22. The first kappa shape index (κ1) is 11.2. The van der Waals surface area contributed by atoms with Crippen molar-refractivity contribution in [2.24, 2.45) is 0 Å². The number of rotatable bonds is 3. The molecule has 1 rings (SSSR count). The number of aliphatic hydroxyl groups excluding tert-OH is 1. The lowest BCUT2D eigenvalue weighted by molar-refractivity contribution is 0.00293. The van der Waals surface area contributed by atoms with Crippen LogP contribution < -0.4 is 0 Å². The Hall–Kier alpha value is -0.860. The van der Waals surface area contributed by atoms with Gasteiger partial charge in [0.1, 0.15) is 0 Å². The zero-order valence-electron chi connectivity index (χ0n) is 8.83. The fourth-order valence-corrected chi connectivity index (χ4v) is 1.44. The molecule has 0 spiro atoms. The monoisotopic (exact) mass is 194 g/mol. The van der Waals surface area contributed by atoms with Crippen LogP contribution in [0.2, 0.25) is 0 Å². The Balaban J connectivity index is 2.58. The van der Waals surface area contributed by atoms with Gasteiger partial charge in [0, 0.05) is 6.42 Å². The van der Waals surface area contributed by atoms with E-state index in [1.807, 2.05) is 13.0 Å². The summed E-state index contributed by atoms with van der Waals surface area (Å²) in [7, 11) is 0. The second-order valence-corrected chi connectivity index (χ2v) is 4.01. The van der Waals surface area contributed by atoms with Gasteiger partial charge in [-0.2, -0.15) is 0 Å². The SMILES string of the molecule is CC=C1C=CC(CC(C)(O)CO)=CC1. The van der Waals surface area contributed by atoms with Gasteiger partial charge in [-0.1, -0.05) is 24.3 Å². The molecule has 0 saturated carbocycles. The summed E-state index contributed by atoms with van der Waals surface area (Å²) >= 11 is 0. The second kappa shape index (κ2) is 4.58. The predicted molar refractivity (Wildman–Crippen MR) is 57.9 cm³/mol. The Morgan fingerprint density at radius 1 is 1.50 bits per heavy atom. The van der Waals surface area contributed by atoms with E-state index < -0.39 is 5.60 Å². The molecule has 0 aliphatic heterocycles. The molecule has 0 heterocycles. The van der Waals surface area contributed by atoms with Crippen molar-refractivity contribution in [1.82, 2.24) is 0 Å². The van der Waals surface area contributed by atoms with Gasteiger partial charge in [0.2, 0.25) is 0 Å². The molecule has 0 bridgehead atoms. The van der Waals surface area contributed by atoms with E-state index in [9.17, 15) is 5.11 Å². The van der Waals surface area contributed by atoms with Gasteiger partial charge in [0.15, 0.2) is 0 Å². The lowest BCUT2D eigenvalue weighted by Gasteiger charge is -2.22. The molecular formula is C12H18O2. The molecule has 0 aromatic rings. The molecule has 2 N–H and O–H groups in total. The summed E-state index contributed by atoms with van der Waals surface area (Å²) in [6, 6.07) is 0. The standard InChI is InChI=1S/C12H18O2/c1-3-10-4-6-11(7-5-10)8-12(2,14)9-13/h3-4,6-7,13-14H,5,8-9H2,1-2H3. The van der Waals surface area contributed by atoms with Crippen molar-refractivity contribution in [1.29, 1.82) is 0 Å². The lowest BCUT2D eigenvalue weighted by atomic mass is 9.92. The summed E-state index contributed by atoms with van der Waals surface area (Å²) in [5, 5.41) is 18.6. The summed E-state index contributed by atoms with van der Waals surface area (Å²) in [6.07, 6.45) is 9.67. The van der Waals surface area contributed by atoms with E-state index >= 15 is 0 Å². The van der Waals surface area contributed by atoms with Crippen molar-refractivity contribution in [3.63, 3.8) is 0 Å². The highest BCUT2D eigenvalue weighted by molar-refractivity contribution is 5.35. The van der Waals surface area contributed by atoms with E-state index in [0.717, 1.165) is 12.0 Å². The Bertz CT molecular complexity index is 283. The molecule has 1 unspecified atom stereocenters. The van der Waals surface area contributed by atoms with Gasteiger partial charge in [-0.3, -0.25) is 0 Å². The fraction of sp³-hybridized carbons (Fsp3) is 0.500. The van der Waals surface area contributed by atoms with Gasteiger partial charge in [-0.25, -0.2) is 0 Å². The average molecular weight is 194 g/mol. The molecule has 0 saturated heterocycles. The zero-order chi connectivity index (χ0) is 10.6. The summed E-state index contributed by atoms with van der Waals surface area (Å²) in [5.41, 5.74) is 1.39. The molecule has 0 radical (unpaired) electrons. The zero-order valence-corrected chi connectivity index (χ0v) is 8.83. The van der Waals surface area contributed by atoms with Crippen molar-refractivity contribution in [3.05, 3.63) is 35.5 Å². The van der Waals surface area contributed by atoms with E-state index in [2.05, 4.69) is 18.2 Å². The number of aliphatic hydroxyl groups is 2. The van der Waals surface area contributed by atoms with Gasteiger partial charge in [-0.15, -0.1) is 0 Å². The molecule has 0 aromatic carbocycles. The molecule has 2 nitrogen and oxygen atoms in total. The van der Waals surface area contributed by atoms with Crippen LogP contribution in [0.1, 0.15) is 26.7 Å². The molecule has 0 amide bonds. The number of allylic oxidation sites excluding steroid dienone is 5. The maximum absolute atomic E-state index is 9.66. The summed E-state index contributed by atoms with van der Waals surface area (Å²) in [6.45, 7) is 3.46. The smallest absolute Gasteiger partial charge is 0.0889 e. The minimum atomic E-state index is -0.996. The average Bonchev–Trinajstić information content (AvgIpc) is 2.19. The first-order valence-electron chi connectivity index (χ1n) is 4.93. The minimum absolute atomic E-state index is 0.200. The topological polar surface area (TPSA) is 40.5 Å². The number of hydrogen-bond acceptors (Lipinski definition) is 2. The van der Waals surface area contributed by atoms with Crippen molar-refractivity contribution < 1.29 is 10.2 Å². The predicted octanol–water partition coefficient (Wildman–Crippen LogP) is 1.95. The van der Waals surface area contributed by atoms with Crippen molar-refractivity contribution in [2.75, 3.05) is 6.61 Å². The van der Waals surface area contributed by atoms with Crippen LogP contribution in [0.4, 0.5) is 0 Å². The Labute approximate surface area is 85.3 Å². The van der Waals surface area contributed by atoms with Gasteiger partial charge in [-0.05, 0) is 31.4 Å². The Kier molecular flexibility index (Phi) is 3.67. The summed E-state index contributed by atoms with van der Waals surface area (Å²) in [5.74, 6) is 0. The lowest BCUT2D eigenvalue weighted by Crippen LogP contribution is -2.29. The third-order valence-electron chi connectivity index (χ3n) is 2.41. The van der Waals surface area contributed by atoms with E-state index in [1.165, 1.54) is 5.57 Å². The maximum atomic E-state index is 9.66. The molecule has 2 heteroatoms. The van der Waals surface area contributed by atoms with Crippen molar-refractivity contribution in [3.8, 4) is 0 Å². The molecule has 0 fully saturated rings.